The highest BCUT2D eigenvalue weighted by molar-refractivity contribution is 9.10. The van der Waals surface area contributed by atoms with Crippen molar-refractivity contribution >= 4 is 27.8 Å². The molecule has 2 atom stereocenters. The predicted octanol–water partition coefficient (Wildman–Crippen LogP) is 1.34. The molecule has 0 aliphatic carbocycles. The number of carbonyl (C=O) groups excluding carboxylic acids is 1. The van der Waals surface area contributed by atoms with Gasteiger partial charge in [-0.2, -0.15) is 0 Å². The summed E-state index contributed by atoms with van der Waals surface area (Å²) in [5.41, 5.74) is 0.556. The molecule has 1 aliphatic heterocycles. The Morgan fingerprint density at radius 2 is 2.11 bits per heavy atom. The summed E-state index contributed by atoms with van der Waals surface area (Å²) >= 11 is 3.35. The Morgan fingerprint density at radius 3 is 2.74 bits per heavy atom. The van der Waals surface area contributed by atoms with E-state index in [2.05, 4.69) is 21.2 Å². The molecule has 0 spiro atoms. The van der Waals surface area contributed by atoms with Gasteiger partial charge < -0.3 is 15.3 Å². The van der Waals surface area contributed by atoms with Gasteiger partial charge in [0.15, 0.2) is 0 Å². The van der Waals surface area contributed by atoms with Crippen molar-refractivity contribution in [2.75, 3.05) is 13.1 Å². The van der Waals surface area contributed by atoms with Crippen molar-refractivity contribution in [1.82, 2.24) is 10.2 Å². The summed E-state index contributed by atoms with van der Waals surface area (Å²) in [6.07, 6.45) is 0. The van der Waals surface area contributed by atoms with Crippen LogP contribution < -0.4 is 5.32 Å². The van der Waals surface area contributed by atoms with Crippen LogP contribution in [0.3, 0.4) is 0 Å². The Morgan fingerprint density at radius 1 is 1.42 bits per heavy atom. The van der Waals surface area contributed by atoms with E-state index in [-0.39, 0.29) is 11.9 Å². The van der Waals surface area contributed by atoms with Gasteiger partial charge in [-0.05, 0) is 35.0 Å². The second kappa shape index (κ2) is 5.71. The second-order valence-electron chi connectivity index (χ2n) is 4.49. The molecule has 0 radical (unpaired) electrons. The maximum atomic E-state index is 12.5. The smallest absolute Gasteiger partial charge is 0.322 e. The maximum Gasteiger partial charge on any atom is 0.322 e. The van der Waals surface area contributed by atoms with Crippen molar-refractivity contribution in [3.05, 3.63) is 34.3 Å². The van der Waals surface area contributed by atoms with Gasteiger partial charge in [-0.1, -0.05) is 12.1 Å². The van der Waals surface area contributed by atoms with Crippen LogP contribution in [0.1, 0.15) is 17.3 Å². The van der Waals surface area contributed by atoms with E-state index in [9.17, 15) is 9.59 Å². The quantitative estimate of drug-likeness (QED) is 0.860. The lowest BCUT2D eigenvalue weighted by Crippen LogP contribution is -2.61. The van der Waals surface area contributed by atoms with E-state index >= 15 is 0 Å². The fourth-order valence-electron chi connectivity index (χ4n) is 2.26. The number of hydrogen-bond acceptors (Lipinski definition) is 3. The third-order valence-electron chi connectivity index (χ3n) is 3.32. The lowest BCUT2D eigenvalue weighted by Gasteiger charge is -2.38. The number of carboxylic acid groups (broad SMARTS) is 1. The van der Waals surface area contributed by atoms with Crippen molar-refractivity contribution in [2.45, 2.75) is 19.0 Å². The Kier molecular flexibility index (Phi) is 4.21. The Bertz CT molecular complexity index is 506. The van der Waals surface area contributed by atoms with Gasteiger partial charge in [-0.3, -0.25) is 9.59 Å². The highest BCUT2D eigenvalue weighted by atomic mass is 79.9. The van der Waals surface area contributed by atoms with Crippen molar-refractivity contribution in [2.24, 2.45) is 0 Å². The molecule has 1 aromatic rings. The Hall–Kier alpha value is -1.40. The van der Waals surface area contributed by atoms with E-state index in [0.717, 1.165) is 4.47 Å². The standard InChI is InChI=1S/C13H15BrN2O3/c1-8-11(13(18)19)15-6-7-16(8)12(17)9-4-2-3-5-10(9)14/h2-5,8,11,15H,6-7H2,1H3,(H,18,19). The molecule has 0 bridgehead atoms. The molecule has 0 saturated carbocycles. The van der Waals surface area contributed by atoms with Crippen LogP contribution in [0.4, 0.5) is 0 Å². The van der Waals surface area contributed by atoms with Crippen LogP contribution in [0.5, 0.6) is 0 Å². The van der Waals surface area contributed by atoms with Gasteiger partial charge in [0.05, 0.1) is 11.6 Å². The van der Waals surface area contributed by atoms with Crippen LogP contribution in [-0.2, 0) is 4.79 Å². The normalized spacial score (nSPS) is 23.2. The van der Waals surface area contributed by atoms with Gasteiger partial charge in [-0.25, -0.2) is 0 Å². The van der Waals surface area contributed by atoms with Crippen LogP contribution in [0, 0.1) is 0 Å². The van der Waals surface area contributed by atoms with E-state index < -0.39 is 12.0 Å². The molecule has 2 N–H and O–H groups in total. The first-order chi connectivity index (χ1) is 9.02. The lowest BCUT2D eigenvalue weighted by atomic mass is 10.0. The summed E-state index contributed by atoms with van der Waals surface area (Å²) in [5, 5.41) is 12.0. The van der Waals surface area contributed by atoms with Crippen LogP contribution in [0.2, 0.25) is 0 Å². The fourth-order valence-corrected chi connectivity index (χ4v) is 2.72. The van der Waals surface area contributed by atoms with Crippen LogP contribution in [-0.4, -0.2) is 47.1 Å². The minimum Gasteiger partial charge on any atom is -0.480 e. The molecule has 1 saturated heterocycles. The van der Waals surface area contributed by atoms with Gasteiger partial charge in [0.25, 0.3) is 5.91 Å². The Labute approximate surface area is 119 Å². The summed E-state index contributed by atoms with van der Waals surface area (Å²) in [6.45, 7) is 2.74. The second-order valence-corrected chi connectivity index (χ2v) is 5.34. The predicted molar refractivity (Wildman–Crippen MR) is 74.1 cm³/mol. The molecular formula is C13H15BrN2O3. The van der Waals surface area contributed by atoms with Gasteiger partial charge in [0.1, 0.15) is 6.04 Å². The van der Waals surface area contributed by atoms with Crippen LogP contribution in [0.15, 0.2) is 28.7 Å². The highest BCUT2D eigenvalue weighted by Crippen LogP contribution is 2.20. The number of benzene rings is 1. The average Bonchev–Trinajstić information content (AvgIpc) is 2.38. The maximum absolute atomic E-state index is 12.5. The molecule has 102 valence electrons. The zero-order chi connectivity index (χ0) is 14.0. The number of piperazine rings is 1. The van der Waals surface area contributed by atoms with E-state index in [1.165, 1.54) is 0 Å². The third kappa shape index (κ3) is 2.79. The molecule has 1 amide bonds. The van der Waals surface area contributed by atoms with Gasteiger partial charge in [0, 0.05) is 17.6 Å². The molecule has 6 heteroatoms. The van der Waals surface area contributed by atoms with Crippen molar-refractivity contribution in [1.29, 1.82) is 0 Å². The molecule has 2 unspecified atom stereocenters. The van der Waals surface area contributed by atoms with Crippen LogP contribution >= 0.6 is 15.9 Å². The summed E-state index contributed by atoms with van der Waals surface area (Å²) < 4.78 is 0.720. The zero-order valence-electron chi connectivity index (χ0n) is 10.5. The molecular weight excluding hydrogens is 312 g/mol. The highest BCUT2D eigenvalue weighted by Gasteiger charge is 2.35. The number of nitrogens with zero attached hydrogens (tertiary/aromatic N) is 1. The number of amides is 1. The SMILES string of the molecule is CC1C(C(=O)O)NCCN1C(=O)c1ccccc1Br. The topological polar surface area (TPSA) is 69.6 Å². The van der Waals surface area contributed by atoms with E-state index in [1.54, 1.807) is 30.0 Å². The number of rotatable bonds is 2. The Balaban J connectivity index is 2.24. The minimum atomic E-state index is -0.933. The number of halogens is 1. The number of carbonyl (C=O) groups is 2. The van der Waals surface area contributed by atoms with Crippen molar-refractivity contribution in [3.8, 4) is 0 Å². The van der Waals surface area contributed by atoms with Crippen LogP contribution in [0.25, 0.3) is 0 Å². The summed E-state index contributed by atoms with van der Waals surface area (Å²) in [5.74, 6) is -1.08. The fraction of sp³-hybridized carbons (Fsp3) is 0.385. The van der Waals surface area contributed by atoms with E-state index in [4.69, 9.17) is 5.11 Å². The summed E-state index contributed by atoms with van der Waals surface area (Å²) in [6, 6.07) is 6.05. The number of nitrogens with one attached hydrogen (secondary N) is 1. The first-order valence-electron chi connectivity index (χ1n) is 6.04. The molecule has 1 aliphatic rings. The lowest BCUT2D eigenvalue weighted by molar-refractivity contribution is -0.141. The first-order valence-corrected chi connectivity index (χ1v) is 6.83. The average molecular weight is 327 g/mol. The number of hydrogen-bond donors (Lipinski definition) is 2. The zero-order valence-corrected chi connectivity index (χ0v) is 12.1. The van der Waals surface area contributed by atoms with Crippen molar-refractivity contribution in [3.63, 3.8) is 0 Å². The van der Waals surface area contributed by atoms with Gasteiger partial charge in [0.2, 0.25) is 0 Å². The van der Waals surface area contributed by atoms with Gasteiger partial charge in [-0.15, -0.1) is 0 Å². The molecule has 1 aromatic carbocycles. The van der Waals surface area contributed by atoms with E-state index in [1.807, 2.05) is 6.07 Å². The molecule has 1 heterocycles. The molecule has 2 rings (SSSR count). The first kappa shape index (κ1) is 14.0. The third-order valence-corrected chi connectivity index (χ3v) is 4.01. The largest absolute Gasteiger partial charge is 0.480 e. The minimum absolute atomic E-state index is 0.146. The van der Waals surface area contributed by atoms with Crippen molar-refractivity contribution < 1.29 is 14.7 Å². The number of aliphatic carboxylic acids is 1. The van der Waals surface area contributed by atoms with Gasteiger partial charge >= 0.3 is 5.97 Å². The molecule has 5 nitrogen and oxygen atoms in total. The molecule has 0 aromatic heterocycles. The monoisotopic (exact) mass is 326 g/mol. The summed E-state index contributed by atoms with van der Waals surface area (Å²) in [7, 11) is 0. The molecule has 1 fully saturated rings. The van der Waals surface area contributed by atoms with E-state index in [0.29, 0.717) is 18.7 Å². The molecule has 19 heavy (non-hydrogen) atoms. The summed E-state index contributed by atoms with van der Waals surface area (Å²) in [4.78, 5) is 25.2. The number of carboxylic acids is 1.